The lowest BCUT2D eigenvalue weighted by Gasteiger charge is -2.56. The zero-order chi connectivity index (χ0) is 11.3. The topological polar surface area (TPSA) is 43.1 Å². The molecule has 0 radical (unpaired) electrons. The zero-order valence-electron chi connectivity index (χ0n) is 10.2. The monoisotopic (exact) mass is 221 g/mol. The van der Waals surface area contributed by atoms with Gasteiger partial charge in [-0.15, -0.1) is 0 Å². The minimum absolute atomic E-state index is 0.256. The first-order valence-electron chi connectivity index (χ1n) is 6.85. The standard InChI is InChI=1S/C14H23NO/c1-9(15)13(16)8-14-5-10-2-11(6-14)4-12(3-10)7-14/h9-12H,2-8,15H2,1H3. The number of rotatable bonds is 3. The lowest BCUT2D eigenvalue weighted by molar-refractivity contribution is -0.128. The third-order valence-electron chi connectivity index (χ3n) is 5.22. The first-order chi connectivity index (χ1) is 7.56. The van der Waals surface area contributed by atoms with E-state index in [2.05, 4.69) is 0 Å². The second-order valence-corrected chi connectivity index (χ2v) is 6.85. The Morgan fingerprint density at radius 1 is 1.19 bits per heavy atom. The Bertz CT molecular complexity index is 273. The molecule has 0 heterocycles. The van der Waals surface area contributed by atoms with Gasteiger partial charge in [0.1, 0.15) is 5.78 Å². The van der Waals surface area contributed by atoms with Crippen LogP contribution in [-0.4, -0.2) is 11.8 Å². The van der Waals surface area contributed by atoms with E-state index >= 15 is 0 Å². The van der Waals surface area contributed by atoms with Gasteiger partial charge in [-0.25, -0.2) is 0 Å². The Morgan fingerprint density at radius 3 is 2.00 bits per heavy atom. The number of Topliss-reactive ketones (excluding diaryl/α,β-unsaturated/α-hetero) is 1. The fourth-order valence-corrected chi connectivity index (χ4v) is 5.04. The summed E-state index contributed by atoms with van der Waals surface area (Å²) in [7, 11) is 0. The molecule has 0 aromatic rings. The number of ketones is 1. The lowest BCUT2D eigenvalue weighted by Crippen LogP contribution is -2.48. The van der Waals surface area contributed by atoms with Crippen molar-refractivity contribution in [3.8, 4) is 0 Å². The van der Waals surface area contributed by atoms with Gasteiger partial charge in [0.2, 0.25) is 0 Å². The average Bonchev–Trinajstić information content (AvgIpc) is 2.13. The Kier molecular flexibility index (Phi) is 2.39. The summed E-state index contributed by atoms with van der Waals surface area (Å²) in [5, 5.41) is 0. The van der Waals surface area contributed by atoms with Crippen LogP contribution in [0.1, 0.15) is 51.9 Å². The van der Waals surface area contributed by atoms with E-state index in [9.17, 15) is 4.79 Å². The van der Waals surface area contributed by atoms with Crippen LogP contribution in [0, 0.1) is 23.2 Å². The molecule has 16 heavy (non-hydrogen) atoms. The molecule has 4 fully saturated rings. The fraction of sp³-hybridized carbons (Fsp3) is 0.929. The minimum atomic E-state index is -0.256. The highest BCUT2D eigenvalue weighted by Gasteiger charge is 2.51. The summed E-state index contributed by atoms with van der Waals surface area (Å²) < 4.78 is 0. The van der Waals surface area contributed by atoms with Crippen molar-refractivity contribution in [1.29, 1.82) is 0 Å². The molecule has 4 rings (SSSR count). The zero-order valence-corrected chi connectivity index (χ0v) is 10.2. The molecule has 0 aromatic heterocycles. The molecule has 0 aliphatic heterocycles. The van der Waals surface area contributed by atoms with Crippen molar-refractivity contribution < 1.29 is 4.79 Å². The molecular formula is C14H23NO. The first-order valence-corrected chi connectivity index (χ1v) is 6.85. The second kappa shape index (κ2) is 3.56. The minimum Gasteiger partial charge on any atom is -0.322 e. The maximum absolute atomic E-state index is 11.9. The van der Waals surface area contributed by atoms with Gasteiger partial charge in [0.15, 0.2) is 0 Å². The SMILES string of the molecule is CC(N)C(=O)CC12CC3CC(CC(C3)C1)C2. The molecule has 1 unspecified atom stereocenters. The number of nitrogens with two attached hydrogens (primary N) is 1. The molecule has 4 aliphatic carbocycles. The summed E-state index contributed by atoms with van der Waals surface area (Å²) in [6, 6.07) is -0.256. The largest absolute Gasteiger partial charge is 0.322 e. The molecule has 90 valence electrons. The van der Waals surface area contributed by atoms with Gasteiger partial charge in [0.05, 0.1) is 6.04 Å². The van der Waals surface area contributed by atoms with Gasteiger partial charge in [0, 0.05) is 6.42 Å². The van der Waals surface area contributed by atoms with Crippen LogP contribution in [0.3, 0.4) is 0 Å². The van der Waals surface area contributed by atoms with Crippen LogP contribution in [-0.2, 0) is 4.79 Å². The number of hydrogen-bond acceptors (Lipinski definition) is 2. The third kappa shape index (κ3) is 1.71. The van der Waals surface area contributed by atoms with E-state index in [0.29, 0.717) is 11.2 Å². The molecule has 4 bridgehead atoms. The van der Waals surface area contributed by atoms with Crippen molar-refractivity contribution in [1.82, 2.24) is 0 Å². The molecule has 0 aromatic carbocycles. The van der Waals surface area contributed by atoms with Crippen molar-refractivity contribution in [2.75, 3.05) is 0 Å². The van der Waals surface area contributed by atoms with Gasteiger partial charge in [-0.05, 0) is 68.6 Å². The number of carbonyl (C=O) groups excluding carboxylic acids is 1. The highest BCUT2D eigenvalue weighted by Crippen LogP contribution is 2.61. The average molecular weight is 221 g/mol. The quantitative estimate of drug-likeness (QED) is 0.795. The molecule has 2 heteroatoms. The van der Waals surface area contributed by atoms with Gasteiger partial charge >= 0.3 is 0 Å². The lowest BCUT2D eigenvalue weighted by atomic mass is 9.48. The molecule has 0 amide bonds. The smallest absolute Gasteiger partial charge is 0.149 e. The van der Waals surface area contributed by atoms with Gasteiger partial charge in [-0.3, -0.25) is 4.79 Å². The second-order valence-electron chi connectivity index (χ2n) is 6.85. The maximum Gasteiger partial charge on any atom is 0.149 e. The molecule has 2 N–H and O–H groups in total. The van der Waals surface area contributed by atoms with Crippen molar-refractivity contribution in [2.45, 2.75) is 57.9 Å². The van der Waals surface area contributed by atoms with Gasteiger partial charge in [-0.1, -0.05) is 0 Å². The maximum atomic E-state index is 11.9. The summed E-state index contributed by atoms with van der Waals surface area (Å²) in [5.74, 6) is 3.10. The van der Waals surface area contributed by atoms with Crippen LogP contribution in [0.15, 0.2) is 0 Å². The first kappa shape index (κ1) is 10.8. The van der Waals surface area contributed by atoms with E-state index in [0.717, 1.165) is 24.2 Å². The Morgan fingerprint density at radius 2 is 1.62 bits per heavy atom. The molecule has 0 saturated heterocycles. The normalized spacial score (nSPS) is 47.0. The van der Waals surface area contributed by atoms with Gasteiger partial charge in [0.25, 0.3) is 0 Å². The summed E-state index contributed by atoms with van der Waals surface area (Å²) in [6.07, 6.45) is 9.07. The number of hydrogen-bond donors (Lipinski definition) is 1. The summed E-state index contributed by atoms with van der Waals surface area (Å²) >= 11 is 0. The van der Waals surface area contributed by atoms with Crippen LogP contribution >= 0.6 is 0 Å². The van der Waals surface area contributed by atoms with E-state index in [1.165, 1.54) is 38.5 Å². The van der Waals surface area contributed by atoms with E-state index < -0.39 is 0 Å². The van der Waals surface area contributed by atoms with Crippen LogP contribution < -0.4 is 5.73 Å². The highest BCUT2D eigenvalue weighted by atomic mass is 16.1. The van der Waals surface area contributed by atoms with Crippen molar-refractivity contribution in [2.24, 2.45) is 28.9 Å². The van der Waals surface area contributed by atoms with Crippen molar-refractivity contribution in [3.63, 3.8) is 0 Å². The van der Waals surface area contributed by atoms with Crippen molar-refractivity contribution in [3.05, 3.63) is 0 Å². The van der Waals surface area contributed by atoms with E-state index in [4.69, 9.17) is 5.73 Å². The third-order valence-corrected chi connectivity index (χ3v) is 5.22. The Balaban J connectivity index is 1.76. The van der Waals surface area contributed by atoms with Crippen LogP contribution in [0.4, 0.5) is 0 Å². The summed E-state index contributed by atoms with van der Waals surface area (Å²) in [4.78, 5) is 11.9. The Labute approximate surface area is 98.0 Å². The molecule has 4 saturated carbocycles. The molecule has 2 nitrogen and oxygen atoms in total. The fourth-order valence-electron chi connectivity index (χ4n) is 5.04. The molecular weight excluding hydrogens is 198 g/mol. The Hall–Kier alpha value is -0.370. The molecule has 0 spiro atoms. The van der Waals surface area contributed by atoms with Crippen molar-refractivity contribution >= 4 is 5.78 Å². The predicted octanol–water partition coefficient (Wildman–Crippen LogP) is 2.51. The van der Waals surface area contributed by atoms with E-state index in [-0.39, 0.29) is 6.04 Å². The highest BCUT2D eigenvalue weighted by molar-refractivity contribution is 5.84. The summed E-state index contributed by atoms with van der Waals surface area (Å²) in [6.45, 7) is 1.84. The molecule has 1 atom stereocenters. The van der Waals surface area contributed by atoms with E-state index in [1.807, 2.05) is 6.92 Å². The molecule has 4 aliphatic rings. The predicted molar refractivity (Wildman–Crippen MR) is 63.9 cm³/mol. The van der Waals surface area contributed by atoms with Gasteiger partial charge < -0.3 is 5.73 Å². The van der Waals surface area contributed by atoms with E-state index in [1.54, 1.807) is 0 Å². The van der Waals surface area contributed by atoms with Crippen LogP contribution in [0.2, 0.25) is 0 Å². The van der Waals surface area contributed by atoms with Crippen LogP contribution in [0.25, 0.3) is 0 Å². The summed E-state index contributed by atoms with van der Waals surface area (Å²) in [5.41, 5.74) is 6.09. The van der Waals surface area contributed by atoms with Crippen LogP contribution in [0.5, 0.6) is 0 Å². The number of carbonyl (C=O) groups is 1. The van der Waals surface area contributed by atoms with Gasteiger partial charge in [-0.2, -0.15) is 0 Å².